The van der Waals surface area contributed by atoms with Crippen LogP contribution in [0.15, 0.2) is 30.5 Å². The Hall–Kier alpha value is -2.14. The molecule has 1 saturated heterocycles. The Morgan fingerprint density at radius 2 is 1.95 bits per heavy atom. The molecule has 1 aliphatic rings. The van der Waals surface area contributed by atoms with Crippen LogP contribution in [0.1, 0.15) is 10.4 Å². The second kappa shape index (κ2) is 5.09. The molecule has 20 heavy (non-hydrogen) atoms. The maximum Gasteiger partial charge on any atom is 0.335 e. The average Bonchev–Trinajstić information content (AvgIpc) is 2.47. The van der Waals surface area contributed by atoms with E-state index in [1.807, 2.05) is 12.1 Å². The van der Waals surface area contributed by atoms with Crippen molar-refractivity contribution in [2.75, 3.05) is 38.1 Å². The van der Waals surface area contributed by atoms with Gasteiger partial charge in [0.2, 0.25) is 0 Å². The van der Waals surface area contributed by atoms with Gasteiger partial charge in [0.25, 0.3) is 0 Å². The lowest BCUT2D eigenvalue weighted by Gasteiger charge is -2.34. The van der Waals surface area contributed by atoms with Crippen molar-refractivity contribution in [2.45, 2.75) is 0 Å². The maximum atomic E-state index is 11.0. The largest absolute Gasteiger partial charge is 0.478 e. The molecule has 2 heterocycles. The van der Waals surface area contributed by atoms with Gasteiger partial charge in [0.1, 0.15) is 0 Å². The molecule has 5 nitrogen and oxygen atoms in total. The first-order chi connectivity index (χ1) is 9.65. The molecule has 0 saturated carbocycles. The highest BCUT2D eigenvalue weighted by Gasteiger charge is 2.17. The molecule has 3 rings (SSSR count). The summed E-state index contributed by atoms with van der Waals surface area (Å²) in [6, 6.07) is 7.15. The summed E-state index contributed by atoms with van der Waals surface area (Å²) in [5, 5.41) is 10.1. The van der Waals surface area contributed by atoms with Crippen LogP contribution in [-0.2, 0) is 0 Å². The SMILES string of the molecule is CN1CCN(c2ccnc3cc(C(=O)O)ccc23)CC1. The number of carboxylic acids is 1. The molecule has 1 N–H and O–H groups in total. The number of aromatic nitrogens is 1. The molecular formula is C15H17N3O2. The smallest absolute Gasteiger partial charge is 0.335 e. The Kier molecular flexibility index (Phi) is 3.28. The van der Waals surface area contributed by atoms with Gasteiger partial charge in [0.05, 0.1) is 11.1 Å². The van der Waals surface area contributed by atoms with Gasteiger partial charge < -0.3 is 14.9 Å². The van der Waals surface area contributed by atoms with E-state index in [2.05, 4.69) is 21.8 Å². The number of likely N-dealkylation sites (N-methyl/N-ethyl adjacent to an activating group) is 1. The fraction of sp³-hybridized carbons (Fsp3) is 0.333. The molecular weight excluding hydrogens is 254 g/mol. The van der Waals surface area contributed by atoms with E-state index in [-0.39, 0.29) is 5.56 Å². The Labute approximate surface area is 117 Å². The van der Waals surface area contributed by atoms with Crippen molar-refractivity contribution in [1.82, 2.24) is 9.88 Å². The average molecular weight is 271 g/mol. The zero-order chi connectivity index (χ0) is 14.1. The predicted octanol–water partition coefficient (Wildman–Crippen LogP) is 1.68. The first-order valence-electron chi connectivity index (χ1n) is 6.71. The van der Waals surface area contributed by atoms with E-state index in [4.69, 9.17) is 5.11 Å². The minimum Gasteiger partial charge on any atom is -0.478 e. The van der Waals surface area contributed by atoms with E-state index in [0.717, 1.165) is 42.8 Å². The number of rotatable bonds is 2. The van der Waals surface area contributed by atoms with E-state index in [0.29, 0.717) is 0 Å². The molecule has 0 unspecified atom stereocenters. The lowest BCUT2D eigenvalue weighted by atomic mass is 10.1. The van der Waals surface area contributed by atoms with Crippen LogP contribution in [0.25, 0.3) is 10.9 Å². The summed E-state index contributed by atoms with van der Waals surface area (Å²) in [6.07, 6.45) is 1.75. The first kappa shape index (κ1) is 12.9. The van der Waals surface area contributed by atoms with Crippen molar-refractivity contribution < 1.29 is 9.90 Å². The third kappa shape index (κ3) is 2.32. The van der Waals surface area contributed by atoms with Crippen LogP contribution in [-0.4, -0.2) is 54.2 Å². The molecule has 1 aromatic heterocycles. The van der Waals surface area contributed by atoms with Crippen molar-refractivity contribution in [3.63, 3.8) is 0 Å². The standard InChI is InChI=1S/C15H17N3O2/c1-17-6-8-18(9-7-17)14-4-5-16-13-10-11(15(19)20)2-3-12(13)14/h2-5,10H,6-9H2,1H3,(H,19,20). The van der Waals surface area contributed by atoms with E-state index < -0.39 is 5.97 Å². The second-order valence-corrected chi connectivity index (χ2v) is 5.16. The highest BCUT2D eigenvalue weighted by atomic mass is 16.4. The number of aromatic carboxylic acids is 1. The van der Waals surface area contributed by atoms with Gasteiger partial charge in [-0.05, 0) is 31.3 Å². The Morgan fingerprint density at radius 1 is 1.20 bits per heavy atom. The molecule has 0 spiro atoms. The van der Waals surface area contributed by atoms with Gasteiger partial charge in [0, 0.05) is 43.4 Å². The number of carboxylic acid groups (broad SMARTS) is 1. The Balaban J connectivity index is 2.01. The van der Waals surface area contributed by atoms with Crippen LogP contribution in [0.4, 0.5) is 5.69 Å². The molecule has 0 amide bonds. The lowest BCUT2D eigenvalue weighted by Crippen LogP contribution is -2.44. The zero-order valence-electron chi connectivity index (χ0n) is 11.4. The van der Waals surface area contributed by atoms with Gasteiger partial charge in [-0.3, -0.25) is 4.98 Å². The minimum atomic E-state index is -0.918. The predicted molar refractivity (Wildman–Crippen MR) is 78.4 cm³/mol. The van der Waals surface area contributed by atoms with Crippen LogP contribution < -0.4 is 4.90 Å². The number of hydrogen-bond acceptors (Lipinski definition) is 4. The maximum absolute atomic E-state index is 11.0. The molecule has 0 aliphatic carbocycles. The van der Waals surface area contributed by atoms with Gasteiger partial charge in [-0.1, -0.05) is 0 Å². The molecule has 2 aromatic rings. The van der Waals surface area contributed by atoms with Crippen LogP contribution in [0.5, 0.6) is 0 Å². The molecule has 5 heteroatoms. The molecule has 0 bridgehead atoms. The van der Waals surface area contributed by atoms with E-state index in [1.165, 1.54) is 0 Å². The summed E-state index contributed by atoms with van der Waals surface area (Å²) in [5.41, 5.74) is 2.15. The third-order valence-electron chi connectivity index (χ3n) is 3.81. The quantitative estimate of drug-likeness (QED) is 0.900. The number of anilines is 1. The summed E-state index contributed by atoms with van der Waals surface area (Å²) in [4.78, 5) is 20.0. The van der Waals surface area contributed by atoms with Gasteiger partial charge in [0.15, 0.2) is 0 Å². The molecule has 0 radical (unpaired) electrons. The van der Waals surface area contributed by atoms with Crippen molar-refractivity contribution in [2.24, 2.45) is 0 Å². The van der Waals surface area contributed by atoms with Crippen molar-refractivity contribution in [1.29, 1.82) is 0 Å². The number of benzene rings is 1. The molecule has 1 aliphatic heterocycles. The van der Waals surface area contributed by atoms with Crippen molar-refractivity contribution in [3.8, 4) is 0 Å². The topological polar surface area (TPSA) is 56.7 Å². The van der Waals surface area contributed by atoms with Crippen LogP contribution in [0.3, 0.4) is 0 Å². The Morgan fingerprint density at radius 3 is 2.65 bits per heavy atom. The van der Waals surface area contributed by atoms with Gasteiger partial charge in [-0.25, -0.2) is 4.79 Å². The lowest BCUT2D eigenvalue weighted by molar-refractivity contribution is 0.0697. The first-order valence-corrected chi connectivity index (χ1v) is 6.71. The molecule has 1 aromatic carbocycles. The molecule has 0 atom stereocenters. The fourth-order valence-corrected chi connectivity index (χ4v) is 2.59. The summed E-state index contributed by atoms with van der Waals surface area (Å²) < 4.78 is 0. The van der Waals surface area contributed by atoms with Crippen LogP contribution in [0, 0.1) is 0 Å². The zero-order valence-corrected chi connectivity index (χ0v) is 11.4. The van der Waals surface area contributed by atoms with E-state index in [9.17, 15) is 4.79 Å². The highest BCUT2D eigenvalue weighted by Crippen LogP contribution is 2.26. The summed E-state index contributed by atoms with van der Waals surface area (Å²) in [7, 11) is 2.13. The second-order valence-electron chi connectivity index (χ2n) is 5.16. The van der Waals surface area contributed by atoms with Gasteiger partial charge >= 0.3 is 5.97 Å². The summed E-state index contributed by atoms with van der Waals surface area (Å²) in [6.45, 7) is 4.04. The van der Waals surface area contributed by atoms with Crippen molar-refractivity contribution >= 4 is 22.6 Å². The van der Waals surface area contributed by atoms with Gasteiger partial charge in [-0.15, -0.1) is 0 Å². The number of hydrogen-bond donors (Lipinski definition) is 1. The van der Waals surface area contributed by atoms with Crippen molar-refractivity contribution in [3.05, 3.63) is 36.0 Å². The van der Waals surface area contributed by atoms with E-state index >= 15 is 0 Å². The van der Waals surface area contributed by atoms with Gasteiger partial charge in [-0.2, -0.15) is 0 Å². The monoisotopic (exact) mass is 271 g/mol. The molecule has 1 fully saturated rings. The summed E-state index contributed by atoms with van der Waals surface area (Å²) in [5.74, 6) is -0.918. The third-order valence-corrected chi connectivity index (χ3v) is 3.81. The van der Waals surface area contributed by atoms with Crippen LogP contribution in [0.2, 0.25) is 0 Å². The number of piperazine rings is 1. The Bertz CT molecular complexity index is 649. The highest BCUT2D eigenvalue weighted by molar-refractivity contribution is 5.97. The normalized spacial score (nSPS) is 16.6. The number of carbonyl (C=O) groups is 1. The fourth-order valence-electron chi connectivity index (χ4n) is 2.59. The van der Waals surface area contributed by atoms with Crippen LogP contribution >= 0.6 is 0 Å². The number of fused-ring (bicyclic) bond motifs is 1. The number of pyridine rings is 1. The molecule has 104 valence electrons. The summed E-state index contributed by atoms with van der Waals surface area (Å²) >= 11 is 0. The number of nitrogens with zero attached hydrogens (tertiary/aromatic N) is 3. The van der Waals surface area contributed by atoms with E-state index in [1.54, 1.807) is 18.3 Å². The minimum absolute atomic E-state index is 0.278.